The Bertz CT molecular complexity index is 1600. The highest BCUT2D eigenvalue weighted by Crippen LogP contribution is 2.33. The second kappa shape index (κ2) is 9.89. The molecule has 0 aliphatic carbocycles. The first kappa shape index (κ1) is 25.4. The average molecular weight is 516 g/mol. The molecule has 196 valence electrons. The summed E-state index contributed by atoms with van der Waals surface area (Å²) in [7, 11) is 0. The van der Waals surface area contributed by atoms with Gasteiger partial charge in [-0.1, -0.05) is 44.2 Å². The third kappa shape index (κ3) is 4.38. The van der Waals surface area contributed by atoms with Crippen LogP contribution in [0.4, 0.5) is 15.0 Å². The molecule has 0 unspecified atom stereocenters. The minimum Gasteiger partial charge on any atom is -0.465 e. The molecular weight excluding hydrogens is 485 g/mol. The predicted molar refractivity (Wildman–Crippen MR) is 146 cm³/mol. The monoisotopic (exact) mass is 515 g/mol. The number of hydrogen-bond donors (Lipinski definition) is 1. The Balaban J connectivity index is 1.81. The lowest BCUT2D eigenvalue weighted by Crippen LogP contribution is -2.54. The number of carboxylic acid groups (broad SMARTS) is 1. The van der Waals surface area contributed by atoms with E-state index >= 15 is 0 Å². The Morgan fingerprint density at radius 2 is 1.79 bits per heavy atom. The Hall–Kier alpha value is -4.27. The van der Waals surface area contributed by atoms with Crippen molar-refractivity contribution in [2.24, 2.45) is 0 Å². The van der Waals surface area contributed by atoms with E-state index in [4.69, 9.17) is 4.98 Å². The summed E-state index contributed by atoms with van der Waals surface area (Å²) in [5.41, 5.74) is 3.07. The molecule has 1 aliphatic heterocycles. The van der Waals surface area contributed by atoms with Crippen molar-refractivity contribution in [3.63, 3.8) is 0 Å². The molecule has 0 radical (unpaired) electrons. The lowest BCUT2D eigenvalue weighted by Gasteiger charge is -2.39. The van der Waals surface area contributed by atoms with E-state index in [1.54, 1.807) is 18.2 Å². The third-order valence-electron chi connectivity index (χ3n) is 7.14. The first-order valence-electron chi connectivity index (χ1n) is 12.7. The highest BCUT2D eigenvalue weighted by molar-refractivity contribution is 5.91. The Kier molecular flexibility index (Phi) is 6.60. The standard InChI is InChI=1S/C29H30FN5O3/c1-17(2)20-9-6-8-12-24(20)35-27-22(15-18(3)25(31-27)21-10-5-7-11-23(21)30)26(32-28(35)36)34-14-13-33(29(37)38)16-19(34)4/h5-12,15,17,19H,13-14,16H2,1-4H3,(H,37,38)/t19-/m0/s1. The van der Waals surface area contributed by atoms with Crippen LogP contribution in [0.15, 0.2) is 59.4 Å². The molecule has 0 bridgehead atoms. The molecule has 4 aromatic rings. The van der Waals surface area contributed by atoms with E-state index in [0.29, 0.717) is 46.9 Å². The van der Waals surface area contributed by atoms with Crippen molar-refractivity contribution in [3.8, 4) is 16.9 Å². The normalized spacial score (nSPS) is 15.9. The molecule has 1 fully saturated rings. The van der Waals surface area contributed by atoms with Gasteiger partial charge < -0.3 is 14.9 Å². The number of hydrogen-bond acceptors (Lipinski definition) is 5. The highest BCUT2D eigenvalue weighted by atomic mass is 19.1. The summed E-state index contributed by atoms with van der Waals surface area (Å²) in [5, 5.41) is 10.1. The number of halogens is 1. The maximum absolute atomic E-state index is 14.9. The van der Waals surface area contributed by atoms with E-state index in [0.717, 1.165) is 11.1 Å². The van der Waals surface area contributed by atoms with Gasteiger partial charge in [0.15, 0.2) is 5.65 Å². The van der Waals surface area contributed by atoms with Crippen molar-refractivity contribution >= 4 is 22.9 Å². The number of benzene rings is 2. The first-order valence-corrected chi connectivity index (χ1v) is 12.7. The van der Waals surface area contributed by atoms with Crippen LogP contribution in [0.3, 0.4) is 0 Å². The zero-order valence-corrected chi connectivity index (χ0v) is 21.8. The Morgan fingerprint density at radius 1 is 1.08 bits per heavy atom. The molecule has 1 N–H and O–H groups in total. The number of rotatable bonds is 4. The topological polar surface area (TPSA) is 91.6 Å². The van der Waals surface area contributed by atoms with Gasteiger partial charge in [-0.3, -0.25) is 0 Å². The van der Waals surface area contributed by atoms with Crippen LogP contribution in [0.5, 0.6) is 0 Å². The summed E-state index contributed by atoms with van der Waals surface area (Å²) >= 11 is 0. The van der Waals surface area contributed by atoms with E-state index in [2.05, 4.69) is 18.8 Å². The van der Waals surface area contributed by atoms with E-state index in [1.165, 1.54) is 15.5 Å². The molecule has 3 heterocycles. The number of piperazine rings is 1. The van der Waals surface area contributed by atoms with E-state index < -0.39 is 17.6 Å². The number of aryl methyl sites for hydroxylation is 1. The van der Waals surface area contributed by atoms with Crippen molar-refractivity contribution in [2.45, 2.75) is 39.7 Å². The number of para-hydroxylation sites is 1. The molecule has 2 aromatic heterocycles. The van der Waals surface area contributed by atoms with Gasteiger partial charge in [0.2, 0.25) is 0 Å². The number of pyridine rings is 1. The number of nitrogens with zero attached hydrogens (tertiary/aromatic N) is 5. The number of aromatic nitrogens is 3. The van der Waals surface area contributed by atoms with E-state index in [-0.39, 0.29) is 18.5 Å². The second-order valence-corrected chi connectivity index (χ2v) is 10.0. The highest BCUT2D eigenvalue weighted by Gasteiger charge is 2.30. The molecule has 9 heteroatoms. The number of amides is 1. The molecule has 1 atom stereocenters. The molecule has 8 nitrogen and oxygen atoms in total. The van der Waals surface area contributed by atoms with Gasteiger partial charge in [-0.05, 0) is 55.2 Å². The van der Waals surface area contributed by atoms with Gasteiger partial charge in [0.05, 0.1) is 16.8 Å². The van der Waals surface area contributed by atoms with Crippen LogP contribution < -0.4 is 10.6 Å². The fraction of sp³-hybridized carbons (Fsp3) is 0.310. The van der Waals surface area contributed by atoms with Crippen LogP contribution in [-0.4, -0.2) is 56.3 Å². The maximum atomic E-state index is 14.9. The lowest BCUT2D eigenvalue weighted by molar-refractivity contribution is 0.136. The van der Waals surface area contributed by atoms with Gasteiger partial charge in [0.1, 0.15) is 11.6 Å². The third-order valence-corrected chi connectivity index (χ3v) is 7.14. The second-order valence-electron chi connectivity index (χ2n) is 10.0. The lowest BCUT2D eigenvalue weighted by atomic mass is 10.0. The maximum Gasteiger partial charge on any atom is 0.407 e. The Morgan fingerprint density at radius 3 is 2.47 bits per heavy atom. The largest absolute Gasteiger partial charge is 0.465 e. The van der Waals surface area contributed by atoms with Crippen molar-refractivity contribution in [3.05, 3.63) is 82.0 Å². The summed E-state index contributed by atoms with van der Waals surface area (Å²) in [6.45, 7) is 8.85. The molecule has 1 aliphatic rings. The summed E-state index contributed by atoms with van der Waals surface area (Å²) < 4.78 is 16.4. The van der Waals surface area contributed by atoms with E-state index in [1.807, 2.05) is 49.1 Å². The van der Waals surface area contributed by atoms with Crippen LogP contribution >= 0.6 is 0 Å². The van der Waals surface area contributed by atoms with Crippen LogP contribution in [0.1, 0.15) is 37.8 Å². The molecule has 0 saturated carbocycles. The molecule has 1 amide bonds. The summed E-state index contributed by atoms with van der Waals surface area (Å²) in [4.78, 5) is 38.1. The van der Waals surface area contributed by atoms with Gasteiger partial charge in [0.25, 0.3) is 0 Å². The minimum atomic E-state index is -0.970. The zero-order valence-electron chi connectivity index (χ0n) is 21.8. The van der Waals surface area contributed by atoms with Gasteiger partial charge in [-0.15, -0.1) is 0 Å². The van der Waals surface area contributed by atoms with Gasteiger partial charge in [0, 0.05) is 31.2 Å². The number of carbonyl (C=O) groups is 1. The van der Waals surface area contributed by atoms with Crippen LogP contribution in [0, 0.1) is 12.7 Å². The molecule has 5 rings (SSSR count). The van der Waals surface area contributed by atoms with Crippen LogP contribution in [0.2, 0.25) is 0 Å². The fourth-order valence-electron chi connectivity index (χ4n) is 5.22. The molecule has 0 spiro atoms. The van der Waals surface area contributed by atoms with Crippen molar-refractivity contribution in [1.82, 2.24) is 19.4 Å². The number of anilines is 1. The van der Waals surface area contributed by atoms with Gasteiger partial charge in [-0.25, -0.2) is 23.5 Å². The van der Waals surface area contributed by atoms with Crippen molar-refractivity contribution in [1.29, 1.82) is 0 Å². The van der Waals surface area contributed by atoms with Crippen molar-refractivity contribution < 1.29 is 14.3 Å². The molecule has 38 heavy (non-hydrogen) atoms. The summed E-state index contributed by atoms with van der Waals surface area (Å²) in [6.07, 6.45) is -0.970. The fourth-order valence-corrected chi connectivity index (χ4v) is 5.22. The number of fused-ring (bicyclic) bond motifs is 1. The van der Waals surface area contributed by atoms with E-state index in [9.17, 15) is 19.1 Å². The Labute approximate surface area is 220 Å². The quantitative estimate of drug-likeness (QED) is 0.401. The SMILES string of the molecule is Cc1cc2c(N3CCN(C(=O)O)C[C@@H]3C)nc(=O)n(-c3ccccc3C(C)C)c2nc1-c1ccccc1F. The smallest absolute Gasteiger partial charge is 0.407 e. The van der Waals surface area contributed by atoms with Crippen LogP contribution in [-0.2, 0) is 0 Å². The minimum absolute atomic E-state index is 0.133. The zero-order chi connectivity index (χ0) is 27.1. The predicted octanol–water partition coefficient (Wildman–Crippen LogP) is 5.21. The molecule has 2 aromatic carbocycles. The average Bonchev–Trinajstić information content (AvgIpc) is 2.88. The summed E-state index contributed by atoms with van der Waals surface area (Å²) in [6, 6.07) is 15.8. The first-order chi connectivity index (χ1) is 18.2. The molecule has 1 saturated heterocycles. The van der Waals surface area contributed by atoms with Crippen LogP contribution in [0.25, 0.3) is 28.0 Å². The molecular formula is C29H30FN5O3. The summed E-state index contributed by atoms with van der Waals surface area (Å²) in [5.74, 6) is 0.191. The van der Waals surface area contributed by atoms with Crippen molar-refractivity contribution in [2.75, 3.05) is 24.5 Å². The van der Waals surface area contributed by atoms with Gasteiger partial charge in [-0.2, -0.15) is 4.98 Å². The van der Waals surface area contributed by atoms with Gasteiger partial charge >= 0.3 is 11.8 Å².